The topological polar surface area (TPSA) is 86.8 Å². The largest absolute Gasteiger partial charge is 0.352 e. The fraction of sp³-hybridized carbons (Fsp3) is 0.333. The maximum Gasteiger partial charge on any atom is 0.243 e. The van der Waals surface area contributed by atoms with Gasteiger partial charge in [-0.1, -0.05) is 82.8 Å². The van der Waals surface area contributed by atoms with Gasteiger partial charge in [-0.05, 0) is 60.4 Å². The van der Waals surface area contributed by atoms with Crippen molar-refractivity contribution in [3.8, 4) is 0 Å². The zero-order chi connectivity index (χ0) is 28.7. The lowest BCUT2D eigenvalue weighted by molar-refractivity contribution is -0.141. The third-order valence-electron chi connectivity index (χ3n) is 7.09. The molecule has 1 fully saturated rings. The summed E-state index contributed by atoms with van der Waals surface area (Å²) in [6, 6.07) is 22.1. The molecule has 0 radical (unpaired) electrons. The van der Waals surface area contributed by atoms with Crippen LogP contribution in [-0.2, 0) is 32.6 Å². The summed E-state index contributed by atoms with van der Waals surface area (Å²) in [4.78, 5) is 29.3. The number of carbonyl (C=O) groups is 2. The fourth-order valence-electron chi connectivity index (χ4n) is 4.91. The van der Waals surface area contributed by atoms with Gasteiger partial charge in [0.25, 0.3) is 0 Å². The van der Waals surface area contributed by atoms with Crippen LogP contribution in [0, 0.1) is 0 Å². The lowest BCUT2D eigenvalue weighted by Crippen LogP contribution is -2.54. The normalized spacial score (nSPS) is 14.7. The maximum absolute atomic E-state index is 14.0. The average molecular weight is 647 g/mol. The Morgan fingerprint density at radius 2 is 1.62 bits per heavy atom. The van der Waals surface area contributed by atoms with Crippen LogP contribution < -0.4 is 5.32 Å². The van der Waals surface area contributed by atoms with Crippen molar-refractivity contribution >= 4 is 49.4 Å². The molecule has 7 nitrogen and oxygen atoms in total. The summed E-state index contributed by atoms with van der Waals surface area (Å²) in [5.41, 5.74) is 1.72. The standard InChI is InChI=1S/C30H33BrClN3O4S/c1-34(40(38,39)27-16-14-25(32)15-17-27)21-29(36)35(20-23-10-7-11-24(31)18-23)28(19-22-8-3-2-4-9-22)30(37)33-26-12-5-6-13-26/h2-4,7-11,14-18,26,28H,5-6,12-13,19-21H2,1H3,(H,33,37)/t28-/m1/s1. The minimum absolute atomic E-state index is 0.0329. The van der Waals surface area contributed by atoms with Crippen LogP contribution in [0.1, 0.15) is 36.8 Å². The van der Waals surface area contributed by atoms with Gasteiger partial charge in [-0.15, -0.1) is 0 Å². The molecule has 0 aliphatic heterocycles. The van der Waals surface area contributed by atoms with Gasteiger partial charge < -0.3 is 10.2 Å². The predicted octanol–water partition coefficient (Wildman–Crippen LogP) is 5.42. The number of likely N-dealkylation sites (N-methyl/N-ethyl adjacent to an activating group) is 1. The summed E-state index contributed by atoms with van der Waals surface area (Å²) >= 11 is 9.42. The van der Waals surface area contributed by atoms with Crippen molar-refractivity contribution in [2.24, 2.45) is 0 Å². The Balaban J connectivity index is 1.66. The Morgan fingerprint density at radius 1 is 0.975 bits per heavy atom. The Bertz CT molecular complexity index is 1410. The van der Waals surface area contributed by atoms with Crippen molar-refractivity contribution in [3.63, 3.8) is 0 Å². The molecule has 1 aliphatic rings. The molecule has 1 N–H and O–H groups in total. The number of hydrogen-bond donors (Lipinski definition) is 1. The average Bonchev–Trinajstić information content (AvgIpc) is 3.44. The van der Waals surface area contributed by atoms with E-state index >= 15 is 0 Å². The highest BCUT2D eigenvalue weighted by atomic mass is 79.9. The van der Waals surface area contributed by atoms with Crippen molar-refractivity contribution in [2.75, 3.05) is 13.6 Å². The van der Waals surface area contributed by atoms with Crippen LogP contribution in [0.3, 0.4) is 0 Å². The molecule has 4 rings (SSSR count). The second-order valence-corrected chi connectivity index (χ2v) is 13.5. The molecule has 1 aliphatic carbocycles. The monoisotopic (exact) mass is 645 g/mol. The molecule has 0 heterocycles. The van der Waals surface area contributed by atoms with Gasteiger partial charge in [0.2, 0.25) is 21.8 Å². The first kappa shape index (κ1) is 30.2. The molecule has 2 amide bonds. The van der Waals surface area contributed by atoms with Crippen molar-refractivity contribution < 1.29 is 18.0 Å². The number of benzene rings is 3. The van der Waals surface area contributed by atoms with Gasteiger partial charge in [0, 0.05) is 35.6 Å². The van der Waals surface area contributed by atoms with Crippen molar-refractivity contribution in [2.45, 2.75) is 55.6 Å². The zero-order valence-corrected chi connectivity index (χ0v) is 25.5. The van der Waals surface area contributed by atoms with E-state index in [-0.39, 0.29) is 23.4 Å². The summed E-state index contributed by atoms with van der Waals surface area (Å²) in [5, 5.41) is 3.57. The van der Waals surface area contributed by atoms with Crippen molar-refractivity contribution in [1.82, 2.24) is 14.5 Å². The lowest BCUT2D eigenvalue weighted by atomic mass is 10.0. The van der Waals surface area contributed by atoms with Gasteiger partial charge in [-0.3, -0.25) is 9.59 Å². The molecule has 1 atom stereocenters. The molecular weight excluding hydrogens is 614 g/mol. The van der Waals surface area contributed by atoms with Crippen LogP contribution in [-0.4, -0.2) is 55.1 Å². The molecule has 0 unspecified atom stereocenters. The van der Waals surface area contributed by atoms with Gasteiger partial charge in [0.05, 0.1) is 11.4 Å². The quantitative estimate of drug-likeness (QED) is 0.302. The van der Waals surface area contributed by atoms with Crippen molar-refractivity contribution in [1.29, 1.82) is 0 Å². The highest BCUT2D eigenvalue weighted by molar-refractivity contribution is 9.10. The van der Waals surface area contributed by atoms with Gasteiger partial charge in [-0.25, -0.2) is 8.42 Å². The molecule has 0 saturated heterocycles. The summed E-state index contributed by atoms with van der Waals surface area (Å²) in [6.45, 7) is -0.288. The third-order valence-corrected chi connectivity index (χ3v) is 9.66. The molecule has 0 aromatic heterocycles. The molecular formula is C30H33BrClN3O4S. The van der Waals surface area contributed by atoms with Gasteiger partial charge in [-0.2, -0.15) is 4.31 Å². The first-order valence-corrected chi connectivity index (χ1v) is 15.8. The Hall–Kier alpha value is -2.72. The third kappa shape index (κ3) is 7.94. The van der Waals surface area contributed by atoms with Crippen LogP contribution in [0.2, 0.25) is 5.02 Å². The Labute approximate surface area is 249 Å². The number of nitrogens with one attached hydrogen (secondary N) is 1. The second-order valence-electron chi connectivity index (χ2n) is 10.1. The number of sulfonamides is 1. The van der Waals surface area contributed by atoms with Crippen LogP contribution in [0.5, 0.6) is 0 Å². The fourth-order valence-corrected chi connectivity index (χ4v) is 6.60. The van der Waals surface area contributed by atoms with Crippen LogP contribution in [0.4, 0.5) is 0 Å². The molecule has 212 valence electrons. The Kier molecular flexibility index (Phi) is 10.4. The molecule has 0 spiro atoms. The van der Waals surface area contributed by atoms with Gasteiger partial charge in [0.1, 0.15) is 6.04 Å². The second kappa shape index (κ2) is 13.8. The maximum atomic E-state index is 14.0. The molecule has 3 aromatic carbocycles. The summed E-state index contributed by atoms with van der Waals surface area (Å²) in [6.07, 6.45) is 4.23. The molecule has 0 bridgehead atoms. The summed E-state index contributed by atoms with van der Waals surface area (Å²) in [5.74, 6) is -0.704. The van der Waals surface area contributed by atoms with E-state index in [0.717, 1.165) is 45.6 Å². The number of rotatable bonds is 11. The number of nitrogens with zero attached hydrogens (tertiary/aromatic N) is 2. The highest BCUT2D eigenvalue weighted by Gasteiger charge is 2.34. The van der Waals surface area contributed by atoms with Crippen molar-refractivity contribution in [3.05, 3.63) is 99.5 Å². The first-order chi connectivity index (χ1) is 19.1. The van der Waals surface area contributed by atoms with E-state index < -0.39 is 28.5 Å². The van der Waals surface area contributed by atoms with Gasteiger partial charge in [0.15, 0.2) is 0 Å². The van der Waals surface area contributed by atoms with Gasteiger partial charge >= 0.3 is 0 Å². The van der Waals surface area contributed by atoms with E-state index in [9.17, 15) is 18.0 Å². The zero-order valence-electron chi connectivity index (χ0n) is 22.3. The van der Waals surface area contributed by atoms with E-state index in [0.29, 0.717) is 11.4 Å². The molecule has 3 aromatic rings. The SMILES string of the molecule is CN(CC(=O)N(Cc1cccc(Br)c1)[C@H](Cc1ccccc1)C(=O)NC1CCCC1)S(=O)(=O)c1ccc(Cl)cc1. The molecule has 40 heavy (non-hydrogen) atoms. The summed E-state index contributed by atoms with van der Waals surface area (Å²) in [7, 11) is -2.60. The first-order valence-electron chi connectivity index (χ1n) is 13.2. The Morgan fingerprint density at radius 3 is 2.27 bits per heavy atom. The lowest BCUT2D eigenvalue weighted by Gasteiger charge is -2.33. The smallest absolute Gasteiger partial charge is 0.243 e. The van der Waals surface area contributed by atoms with E-state index in [1.807, 2.05) is 54.6 Å². The minimum atomic E-state index is -3.97. The number of halogens is 2. The molecule has 1 saturated carbocycles. The van der Waals surface area contributed by atoms with Crippen LogP contribution in [0.15, 0.2) is 88.2 Å². The number of hydrogen-bond acceptors (Lipinski definition) is 4. The van der Waals surface area contributed by atoms with Crippen LogP contribution >= 0.6 is 27.5 Å². The van der Waals surface area contributed by atoms with E-state index in [1.165, 1.54) is 36.2 Å². The van der Waals surface area contributed by atoms with E-state index in [1.54, 1.807) is 0 Å². The highest BCUT2D eigenvalue weighted by Crippen LogP contribution is 2.22. The number of amides is 2. The number of carbonyl (C=O) groups excluding carboxylic acids is 2. The molecule has 10 heteroatoms. The van der Waals surface area contributed by atoms with E-state index in [4.69, 9.17) is 11.6 Å². The summed E-state index contributed by atoms with van der Waals surface area (Å²) < 4.78 is 28.4. The minimum Gasteiger partial charge on any atom is -0.352 e. The van der Waals surface area contributed by atoms with Crippen LogP contribution in [0.25, 0.3) is 0 Å². The van der Waals surface area contributed by atoms with E-state index in [2.05, 4.69) is 21.2 Å². The predicted molar refractivity (Wildman–Crippen MR) is 160 cm³/mol.